The fraction of sp³-hybridized carbons (Fsp3) is 0.553. The minimum Gasteiger partial charge on any atom is -0.392 e. The van der Waals surface area contributed by atoms with E-state index in [-0.39, 0.29) is 30.4 Å². The fourth-order valence-electron chi connectivity index (χ4n) is 9.43. The molecular formula is C38H48N6O4. The molecule has 4 aliphatic carbocycles. The number of ether oxygens (including phenoxy) is 2. The molecule has 2 saturated heterocycles. The average Bonchev–Trinajstić information content (AvgIpc) is 3.11. The van der Waals surface area contributed by atoms with E-state index in [9.17, 15) is 9.90 Å². The number of nitrogens with zero attached hydrogens (tertiary/aromatic N) is 4. The zero-order valence-electron chi connectivity index (χ0n) is 27.7. The van der Waals surface area contributed by atoms with E-state index in [4.69, 9.17) is 9.47 Å². The van der Waals surface area contributed by atoms with Gasteiger partial charge in [0.25, 0.3) is 0 Å². The molecule has 2 aromatic carbocycles. The summed E-state index contributed by atoms with van der Waals surface area (Å²) >= 11 is 0. The molecule has 1 aromatic heterocycles. The number of aliphatic hydroxyl groups is 1. The molecular weight excluding hydrogens is 604 g/mol. The Bertz CT molecular complexity index is 1490. The number of carbonyl (C=O) groups excluding carboxylic acids is 1. The van der Waals surface area contributed by atoms with Crippen molar-refractivity contribution < 1.29 is 19.4 Å². The fourth-order valence-corrected chi connectivity index (χ4v) is 9.43. The van der Waals surface area contributed by atoms with Crippen molar-refractivity contribution in [2.24, 2.45) is 17.8 Å². The predicted octanol–water partition coefficient (Wildman–Crippen LogP) is 5.10. The molecule has 3 aromatic rings. The number of urea groups is 1. The van der Waals surface area contributed by atoms with Crippen molar-refractivity contribution in [1.29, 1.82) is 0 Å². The number of hydrogen-bond donors (Lipinski definition) is 3. The Morgan fingerprint density at radius 3 is 2.08 bits per heavy atom. The van der Waals surface area contributed by atoms with Crippen LogP contribution in [0.1, 0.15) is 79.6 Å². The number of anilines is 1. The Hall–Kier alpha value is -3.57. The number of nitrogens with one attached hydrogen (secondary N) is 2. The van der Waals surface area contributed by atoms with Gasteiger partial charge in [0.05, 0.1) is 18.8 Å². The number of amides is 2. The second-order valence-electron chi connectivity index (χ2n) is 14.9. The topological polar surface area (TPSA) is 112 Å². The van der Waals surface area contributed by atoms with Gasteiger partial charge in [-0.25, -0.2) is 14.8 Å². The van der Waals surface area contributed by atoms with Crippen LogP contribution >= 0.6 is 0 Å². The summed E-state index contributed by atoms with van der Waals surface area (Å²) in [6.45, 7) is 4.89. The quantitative estimate of drug-likeness (QED) is 0.293. The zero-order chi connectivity index (χ0) is 32.5. The lowest BCUT2D eigenvalue weighted by Crippen LogP contribution is -2.61. The van der Waals surface area contributed by atoms with Gasteiger partial charge < -0.3 is 30.1 Å². The average molecular weight is 653 g/mol. The SMILES string of the molecule is O=C(NCc1ccc(C2OC(CN3CCN(c4ncccn4)CC3)CC(c3ccc(CO)cc3)O2)cc1)NC12CC3CC(CC(C3)C1)C2. The molecule has 48 heavy (non-hydrogen) atoms. The van der Waals surface area contributed by atoms with Gasteiger partial charge in [-0.15, -0.1) is 0 Å². The summed E-state index contributed by atoms with van der Waals surface area (Å²) in [6.07, 6.45) is 11.2. The van der Waals surface area contributed by atoms with Crippen molar-refractivity contribution in [1.82, 2.24) is 25.5 Å². The Morgan fingerprint density at radius 2 is 1.44 bits per heavy atom. The van der Waals surface area contributed by atoms with E-state index in [0.717, 1.165) is 104 Å². The molecule has 3 unspecified atom stereocenters. The number of piperazine rings is 1. The van der Waals surface area contributed by atoms with Crippen molar-refractivity contribution >= 4 is 12.0 Å². The number of hydrogen-bond acceptors (Lipinski definition) is 8. The monoisotopic (exact) mass is 652 g/mol. The standard InChI is InChI=1S/C38H48N6O4/c45-25-27-4-6-31(7-5-27)34-19-33(24-43-12-14-44(15-13-43)36-39-10-1-11-40-36)47-35(48-34)32-8-2-26(3-9-32)23-41-37(46)42-38-20-28-16-29(21-38)18-30(17-28)22-38/h1-11,28-30,33-35,45H,12-25H2,(H2,41,42,46). The summed E-state index contributed by atoms with van der Waals surface area (Å²) in [4.78, 5) is 26.6. The smallest absolute Gasteiger partial charge is 0.315 e. The molecule has 4 saturated carbocycles. The van der Waals surface area contributed by atoms with Crippen molar-refractivity contribution in [3.63, 3.8) is 0 Å². The lowest BCUT2D eigenvalue weighted by atomic mass is 9.53. The molecule has 0 spiro atoms. The highest BCUT2D eigenvalue weighted by Crippen LogP contribution is 2.55. The molecule has 254 valence electrons. The number of benzene rings is 2. The van der Waals surface area contributed by atoms with E-state index in [0.29, 0.717) is 6.54 Å². The van der Waals surface area contributed by atoms with Gasteiger partial charge in [-0.05, 0) is 79.0 Å². The highest BCUT2D eigenvalue weighted by Gasteiger charge is 2.51. The minimum atomic E-state index is -0.508. The lowest BCUT2D eigenvalue weighted by Gasteiger charge is -2.56. The van der Waals surface area contributed by atoms with Crippen LogP contribution in [0, 0.1) is 17.8 Å². The zero-order valence-corrected chi connectivity index (χ0v) is 27.7. The highest BCUT2D eigenvalue weighted by molar-refractivity contribution is 5.75. The maximum atomic E-state index is 13.0. The normalized spacial score (nSPS) is 31.5. The van der Waals surface area contributed by atoms with Crippen LogP contribution in [0.4, 0.5) is 10.7 Å². The van der Waals surface area contributed by atoms with Crippen LogP contribution in [-0.4, -0.2) is 70.4 Å². The predicted molar refractivity (Wildman–Crippen MR) is 182 cm³/mol. The first kappa shape index (κ1) is 31.7. The number of rotatable bonds is 9. The summed E-state index contributed by atoms with van der Waals surface area (Å²) in [5.74, 6) is 3.18. The van der Waals surface area contributed by atoms with Crippen molar-refractivity contribution in [2.75, 3.05) is 37.6 Å². The maximum Gasteiger partial charge on any atom is 0.315 e. The summed E-state index contributed by atoms with van der Waals surface area (Å²) in [6, 6.07) is 18.1. The lowest BCUT2D eigenvalue weighted by molar-refractivity contribution is -0.253. The van der Waals surface area contributed by atoms with Crippen LogP contribution in [-0.2, 0) is 22.6 Å². The van der Waals surface area contributed by atoms with Gasteiger partial charge in [-0.1, -0.05) is 48.5 Å². The summed E-state index contributed by atoms with van der Waals surface area (Å²) in [5, 5.41) is 16.1. The van der Waals surface area contributed by atoms with E-state index >= 15 is 0 Å². The van der Waals surface area contributed by atoms with Crippen molar-refractivity contribution in [3.8, 4) is 0 Å². The molecule has 3 N–H and O–H groups in total. The molecule has 10 heteroatoms. The first-order valence-electron chi connectivity index (χ1n) is 17.9. The molecule has 6 aliphatic rings. The van der Waals surface area contributed by atoms with E-state index in [1.54, 1.807) is 12.4 Å². The Labute approximate surface area is 283 Å². The van der Waals surface area contributed by atoms with Crippen LogP contribution in [0.3, 0.4) is 0 Å². The van der Waals surface area contributed by atoms with Crippen molar-refractivity contribution in [3.05, 3.63) is 89.2 Å². The first-order chi connectivity index (χ1) is 23.5. The van der Waals surface area contributed by atoms with E-state index < -0.39 is 6.29 Å². The molecule has 0 radical (unpaired) electrons. The van der Waals surface area contributed by atoms with Gasteiger partial charge in [0.1, 0.15) is 0 Å². The number of aromatic nitrogens is 2. The molecule has 3 heterocycles. The molecule has 4 bridgehead atoms. The van der Waals surface area contributed by atoms with Crippen LogP contribution < -0.4 is 15.5 Å². The summed E-state index contributed by atoms with van der Waals surface area (Å²) in [7, 11) is 0. The molecule has 2 amide bonds. The maximum absolute atomic E-state index is 13.0. The number of aliphatic hydroxyl groups excluding tert-OH is 1. The van der Waals surface area contributed by atoms with Gasteiger partial charge in [0, 0.05) is 69.2 Å². The largest absolute Gasteiger partial charge is 0.392 e. The number of carbonyl (C=O) groups is 1. The Morgan fingerprint density at radius 1 is 0.812 bits per heavy atom. The van der Waals surface area contributed by atoms with Gasteiger partial charge in [-0.2, -0.15) is 0 Å². The van der Waals surface area contributed by atoms with Crippen LogP contribution in [0.2, 0.25) is 0 Å². The highest BCUT2D eigenvalue weighted by atomic mass is 16.7. The van der Waals surface area contributed by atoms with Gasteiger partial charge in [0.2, 0.25) is 5.95 Å². The summed E-state index contributed by atoms with van der Waals surface area (Å²) in [5.41, 5.74) is 3.98. The Kier molecular flexibility index (Phi) is 9.07. The van der Waals surface area contributed by atoms with Crippen LogP contribution in [0.15, 0.2) is 67.0 Å². The molecule has 9 rings (SSSR count). The third-order valence-corrected chi connectivity index (χ3v) is 11.4. The van der Waals surface area contributed by atoms with Crippen LogP contribution in [0.25, 0.3) is 0 Å². The second kappa shape index (κ2) is 13.7. The van der Waals surface area contributed by atoms with Crippen molar-refractivity contribution in [2.45, 2.75) is 82.1 Å². The van der Waals surface area contributed by atoms with Gasteiger partial charge in [0.15, 0.2) is 6.29 Å². The van der Waals surface area contributed by atoms with Gasteiger partial charge in [-0.3, -0.25) is 4.90 Å². The third-order valence-electron chi connectivity index (χ3n) is 11.4. The molecule has 2 aliphatic heterocycles. The van der Waals surface area contributed by atoms with Gasteiger partial charge >= 0.3 is 6.03 Å². The van der Waals surface area contributed by atoms with E-state index in [1.807, 2.05) is 18.2 Å². The summed E-state index contributed by atoms with van der Waals surface area (Å²) < 4.78 is 13.2. The Balaban J connectivity index is 0.894. The molecule has 3 atom stereocenters. The van der Waals surface area contributed by atoms with E-state index in [2.05, 4.69) is 66.8 Å². The second-order valence-corrected chi connectivity index (χ2v) is 14.9. The molecule has 6 fully saturated rings. The van der Waals surface area contributed by atoms with Crippen LogP contribution in [0.5, 0.6) is 0 Å². The third kappa shape index (κ3) is 7.08. The van der Waals surface area contributed by atoms with E-state index in [1.165, 1.54) is 19.3 Å². The first-order valence-corrected chi connectivity index (χ1v) is 17.9. The molecule has 10 nitrogen and oxygen atoms in total. The minimum absolute atomic E-state index is 0.00768.